The lowest BCUT2D eigenvalue weighted by molar-refractivity contribution is -0.141. The van der Waals surface area contributed by atoms with Crippen LogP contribution in [0.15, 0.2) is 46.3 Å². The molecule has 1 aromatic carbocycles. The molecule has 0 saturated carbocycles. The van der Waals surface area contributed by atoms with Crippen molar-refractivity contribution in [2.24, 2.45) is 0 Å². The number of carbonyl (C=O) groups excluding carboxylic acids is 1. The van der Waals surface area contributed by atoms with E-state index in [2.05, 4.69) is 15.0 Å². The predicted octanol–water partition coefficient (Wildman–Crippen LogP) is 3.54. The zero-order valence-electron chi connectivity index (χ0n) is 16.3. The zero-order chi connectivity index (χ0) is 21.8. The molecule has 0 bridgehead atoms. The summed E-state index contributed by atoms with van der Waals surface area (Å²) < 4.78 is 49.6. The van der Waals surface area contributed by atoms with E-state index in [-0.39, 0.29) is 11.7 Å². The first kappa shape index (κ1) is 21.3. The van der Waals surface area contributed by atoms with E-state index < -0.39 is 18.3 Å². The Bertz CT molecular complexity index is 1010. The van der Waals surface area contributed by atoms with Gasteiger partial charge in [-0.3, -0.25) is 9.69 Å². The average molecular weight is 452 g/mol. The van der Waals surface area contributed by atoms with Crippen LogP contribution in [0.25, 0.3) is 10.7 Å². The number of alkyl halides is 3. The van der Waals surface area contributed by atoms with Crippen molar-refractivity contribution in [2.45, 2.75) is 12.7 Å². The van der Waals surface area contributed by atoms with Gasteiger partial charge in [-0.1, -0.05) is 23.4 Å². The third-order valence-corrected chi connectivity index (χ3v) is 5.70. The number of para-hydroxylation sites is 1. The minimum absolute atomic E-state index is 0.347. The lowest BCUT2D eigenvalue weighted by Crippen LogP contribution is -2.49. The van der Waals surface area contributed by atoms with E-state index in [0.29, 0.717) is 44.4 Å². The molecule has 164 valence electrons. The summed E-state index contributed by atoms with van der Waals surface area (Å²) in [5.41, 5.74) is -0.894. The van der Waals surface area contributed by atoms with E-state index in [1.54, 1.807) is 4.90 Å². The number of carbonyl (C=O) groups is 1. The van der Waals surface area contributed by atoms with Crippen LogP contribution in [-0.2, 0) is 17.5 Å². The maximum atomic E-state index is 13.0. The molecular weight excluding hydrogens is 433 g/mol. The molecule has 0 N–H and O–H groups in total. The molecule has 0 aliphatic carbocycles. The van der Waals surface area contributed by atoms with E-state index in [9.17, 15) is 18.0 Å². The Morgan fingerprint density at radius 1 is 1.13 bits per heavy atom. The number of nitrogens with zero attached hydrogens (tertiary/aromatic N) is 4. The first-order valence-corrected chi connectivity index (χ1v) is 10.4. The van der Waals surface area contributed by atoms with Gasteiger partial charge < -0.3 is 14.2 Å². The number of rotatable bonds is 6. The van der Waals surface area contributed by atoms with Gasteiger partial charge in [0.05, 0.1) is 17.0 Å². The SMILES string of the molecule is O=C(COc1ccccc1C(F)(F)F)N1CCN(Cc2nc(-c3cccs3)no2)CC1. The van der Waals surface area contributed by atoms with Crippen LogP contribution < -0.4 is 4.74 Å². The van der Waals surface area contributed by atoms with Crippen LogP contribution >= 0.6 is 11.3 Å². The van der Waals surface area contributed by atoms with E-state index >= 15 is 0 Å². The minimum Gasteiger partial charge on any atom is -0.483 e. The molecule has 0 radical (unpaired) electrons. The van der Waals surface area contributed by atoms with Crippen molar-refractivity contribution in [3.8, 4) is 16.5 Å². The fourth-order valence-corrected chi connectivity index (χ4v) is 3.88. The summed E-state index contributed by atoms with van der Waals surface area (Å²) in [4.78, 5) is 21.4. The van der Waals surface area contributed by atoms with Crippen molar-refractivity contribution in [2.75, 3.05) is 32.8 Å². The van der Waals surface area contributed by atoms with Gasteiger partial charge in [0.15, 0.2) is 6.61 Å². The summed E-state index contributed by atoms with van der Waals surface area (Å²) in [5.74, 6) is 0.347. The molecular formula is C20H19F3N4O3S. The number of ether oxygens (including phenoxy) is 1. The summed E-state index contributed by atoms with van der Waals surface area (Å²) in [5, 5.41) is 5.92. The smallest absolute Gasteiger partial charge is 0.419 e. The summed E-state index contributed by atoms with van der Waals surface area (Å²) in [6.07, 6.45) is -4.54. The summed E-state index contributed by atoms with van der Waals surface area (Å²) >= 11 is 1.53. The van der Waals surface area contributed by atoms with Crippen LogP contribution in [0.5, 0.6) is 5.75 Å². The molecule has 3 aromatic rings. The Morgan fingerprint density at radius 2 is 1.90 bits per heavy atom. The second-order valence-electron chi connectivity index (χ2n) is 6.93. The third-order valence-electron chi connectivity index (χ3n) is 4.84. The molecule has 11 heteroatoms. The first-order valence-electron chi connectivity index (χ1n) is 9.56. The Hall–Kier alpha value is -2.92. The molecule has 1 fully saturated rings. The van der Waals surface area contributed by atoms with Gasteiger partial charge in [-0.25, -0.2) is 0 Å². The maximum absolute atomic E-state index is 13.0. The number of amides is 1. The number of aromatic nitrogens is 2. The number of hydrogen-bond acceptors (Lipinski definition) is 7. The van der Waals surface area contributed by atoms with Crippen molar-refractivity contribution in [3.63, 3.8) is 0 Å². The summed E-state index contributed by atoms with van der Waals surface area (Å²) in [7, 11) is 0. The van der Waals surface area contributed by atoms with Crippen molar-refractivity contribution in [1.82, 2.24) is 19.9 Å². The molecule has 0 atom stereocenters. The second kappa shape index (κ2) is 9.06. The molecule has 7 nitrogen and oxygen atoms in total. The van der Waals surface area contributed by atoms with Gasteiger partial charge in [0, 0.05) is 26.2 Å². The van der Waals surface area contributed by atoms with Crippen molar-refractivity contribution >= 4 is 17.2 Å². The van der Waals surface area contributed by atoms with Crippen LogP contribution in [0.3, 0.4) is 0 Å². The van der Waals surface area contributed by atoms with E-state index in [4.69, 9.17) is 9.26 Å². The van der Waals surface area contributed by atoms with Crippen molar-refractivity contribution in [1.29, 1.82) is 0 Å². The van der Waals surface area contributed by atoms with Crippen LogP contribution in [0.2, 0.25) is 0 Å². The molecule has 4 rings (SSSR count). The van der Waals surface area contributed by atoms with E-state index in [1.807, 2.05) is 17.5 Å². The highest BCUT2D eigenvalue weighted by atomic mass is 32.1. The Balaban J connectivity index is 1.26. The molecule has 0 unspecified atom stereocenters. The standard InChI is InChI=1S/C20H19F3N4O3S/c21-20(22,23)14-4-1-2-5-15(14)29-13-18(28)27-9-7-26(8-10-27)12-17-24-19(25-30-17)16-6-3-11-31-16/h1-6,11H,7-10,12-13H2. The van der Waals surface area contributed by atoms with E-state index in [1.165, 1.54) is 29.5 Å². The number of hydrogen-bond donors (Lipinski definition) is 0. The van der Waals surface area contributed by atoms with Gasteiger partial charge in [0.2, 0.25) is 11.7 Å². The van der Waals surface area contributed by atoms with Gasteiger partial charge in [0.1, 0.15) is 5.75 Å². The third kappa shape index (κ3) is 5.23. The van der Waals surface area contributed by atoms with Crippen LogP contribution in [0, 0.1) is 0 Å². The second-order valence-corrected chi connectivity index (χ2v) is 7.88. The highest BCUT2D eigenvalue weighted by Crippen LogP contribution is 2.35. The lowest BCUT2D eigenvalue weighted by Gasteiger charge is -2.33. The average Bonchev–Trinajstić information content (AvgIpc) is 3.44. The van der Waals surface area contributed by atoms with Crippen LogP contribution in [0.1, 0.15) is 11.5 Å². The fraction of sp³-hybridized carbons (Fsp3) is 0.350. The molecule has 2 aromatic heterocycles. The van der Waals surface area contributed by atoms with Gasteiger partial charge in [0.25, 0.3) is 5.91 Å². The summed E-state index contributed by atoms with van der Waals surface area (Å²) in [6.45, 7) is 2.07. The molecule has 1 aliphatic heterocycles. The van der Waals surface area contributed by atoms with Gasteiger partial charge in [-0.15, -0.1) is 11.3 Å². The topological polar surface area (TPSA) is 71.7 Å². The first-order chi connectivity index (χ1) is 14.9. The monoisotopic (exact) mass is 452 g/mol. The number of benzene rings is 1. The Kier molecular flexibility index (Phi) is 6.23. The van der Waals surface area contributed by atoms with Crippen LogP contribution in [0.4, 0.5) is 13.2 Å². The van der Waals surface area contributed by atoms with Crippen molar-refractivity contribution < 1.29 is 27.2 Å². The molecule has 31 heavy (non-hydrogen) atoms. The normalized spacial score (nSPS) is 15.3. The fourth-order valence-electron chi connectivity index (χ4n) is 3.23. The van der Waals surface area contributed by atoms with Gasteiger partial charge in [-0.2, -0.15) is 18.2 Å². The predicted molar refractivity (Wildman–Crippen MR) is 106 cm³/mol. The number of piperazine rings is 1. The molecule has 1 saturated heterocycles. The molecule has 1 aliphatic rings. The zero-order valence-corrected chi connectivity index (χ0v) is 17.2. The lowest BCUT2D eigenvalue weighted by atomic mass is 10.2. The van der Waals surface area contributed by atoms with Crippen molar-refractivity contribution in [3.05, 3.63) is 53.2 Å². The summed E-state index contributed by atoms with van der Waals surface area (Å²) in [6, 6.07) is 8.69. The maximum Gasteiger partial charge on any atom is 0.419 e. The Labute approximate surface area is 180 Å². The highest BCUT2D eigenvalue weighted by molar-refractivity contribution is 7.13. The molecule has 0 spiro atoms. The van der Waals surface area contributed by atoms with Gasteiger partial charge in [-0.05, 0) is 23.6 Å². The quantitative estimate of drug-likeness (QED) is 0.570. The Morgan fingerprint density at radius 3 is 2.61 bits per heavy atom. The van der Waals surface area contributed by atoms with Gasteiger partial charge >= 0.3 is 6.18 Å². The minimum atomic E-state index is -4.54. The highest BCUT2D eigenvalue weighted by Gasteiger charge is 2.34. The largest absolute Gasteiger partial charge is 0.483 e. The number of halogens is 3. The van der Waals surface area contributed by atoms with E-state index in [0.717, 1.165) is 10.9 Å². The van der Waals surface area contributed by atoms with Crippen LogP contribution in [-0.4, -0.2) is 58.6 Å². The molecule has 3 heterocycles. The number of thiophene rings is 1. The molecule has 1 amide bonds.